The van der Waals surface area contributed by atoms with E-state index in [1.807, 2.05) is 6.92 Å². The van der Waals surface area contributed by atoms with Gasteiger partial charge in [0, 0.05) is 6.61 Å². The Morgan fingerprint density at radius 2 is 2.17 bits per heavy atom. The van der Waals surface area contributed by atoms with Gasteiger partial charge in [-0.3, -0.25) is 4.57 Å². The number of hydrogen-bond acceptors (Lipinski definition) is 2. The minimum atomic E-state index is -3.83. The van der Waals surface area contributed by atoms with E-state index in [0.717, 1.165) is 5.57 Å². The molecule has 0 aromatic rings. The maximum absolute atomic E-state index is 10.3. The van der Waals surface area contributed by atoms with Crippen LogP contribution in [0.25, 0.3) is 0 Å². The topological polar surface area (TPSA) is 66.8 Å². The summed E-state index contributed by atoms with van der Waals surface area (Å²) in [5.74, 6) is 0. The molecule has 0 bridgehead atoms. The van der Waals surface area contributed by atoms with Crippen molar-refractivity contribution in [1.29, 1.82) is 0 Å². The van der Waals surface area contributed by atoms with E-state index in [0.29, 0.717) is 19.6 Å². The van der Waals surface area contributed by atoms with Crippen LogP contribution in [0.1, 0.15) is 13.3 Å². The van der Waals surface area contributed by atoms with E-state index < -0.39 is 7.60 Å². The molecule has 2 N–H and O–H groups in total. The quantitative estimate of drug-likeness (QED) is 0.378. The van der Waals surface area contributed by atoms with Gasteiger partial charge in [0.1, 0.15) is 0 Å². The maximum atomic E-state index is 10.3. The molecule has 0 aromatic carbocycles. The zero-order valence-electron chi connectivity index (χ0n) is 7.19. The lowest BCUT2D eigenvalue weighted by Crippen LogP contribution is -2.00. The summed E-state index contributed by atoms with van der Waals surface area (Å²) in [5, 5.41) is 0. The third kappa shape index (κ3) is 9.85. The fraction of sp³-hybridized carbons (Fsp3) is 0.714. The molecule has 0 aliphatic rings. The van der Waals surface area contributed by atoms with Crippen LogP contribution >= 0.6 is 7.60 Å². The summed E-state index contributed by atoms with van der Waals surface area (Å²) in [6.45, 7) is 6.29. The molecule has 0 saturated carbocycles. The first-order chi connectivity index (χ1) is 5.42. The lowest BCUT2D eigenvalue weighted by Gasteiger charge is -2.04. The predicted octanol–water partition coefficient (Wildman–Crippen LogP) is 1.15. The highest BCUT2D eigenvalue weighted by Crippen LogP contribution is 2.34. The van der Waals surface area contributed by atoms with Gasteiger partial charge in [-0.05, 0) is 13.3 Å². The first-order valence-electron chi connectivity index (χ1n) is 3.68. The molecule has 4 nitrogen and oxygen atoms in total. The van der Waals surface area contributed by atoms with Crippen LogP contribution < -0.4 is 0 Å². The Bertz CT molecular complexity index is 184. The summed E-state index contributed by atoms with van der Waals surface area (Å²) in [7, 11) is -3.83. The Kier molecular flexibility index (Phi) is 5.42. The molecule has 0 unspecified atom stereocenters. The monoisotopic (exact) mass is 194 g/mol. The molecule has 0 fully saturated rings. The second-order valence-electron chi connectivity index (χ2n) is 2.75. The zero-order chi connectivity index (χ0) is 9.61. The van der Waals surface area contributed by atoms with Gasteiger partial charge in [0.25, 0.3) is 0 Å². The minimum absolute atomic E-state index is 0.108. The largest absolute Gasteiger partial charge is 0.377 e. The second-order valence-corrected chi connectivity index (χ2v) is 4.53. The van der Waals surface area contributed by atoms with E-state index in [2.05, 4.69) is 6.58 Å². The summed E-state index contributed by atoms with van der Waals surface area (Å²) in [6, 6.07) is 0. The van der Waals surface area contributed by atoms with E-state index in [1.165, 1.54) is 0 Å². The molecule has 0 aromatic heterocycles. The van der Waals surface area contributed by atoms with Crippen LogP contribution in [0.4, 0.5) is 0 Å². The van der Waals surface area contributed by atoms with Crippen LogP contribution in [0.5, 0.6) is 0 Å². The maximum Gasteiger partial charge on any atom is 0.325 e. The molecule has 0 aliphatic carbocycles. The Hall–Kier alpha value is -0.150. The van der Waals surface area contributed by atoms with Crippen molar-refractivity contribution >= 4 is 7.60 Å². The van der Waals surface area contributed by atoms with Gasteiger partial charge in [-0.25, -0.2) is 0 Å². The van der Waals surface area contributed by atoms with Gasteiger partial charge in [0.15, 0.2) is 0 Å². The van der Waals surface area contributed by atoms with Crippen molar-refractivity contribution in [2.75, 3.05) is 19.4 Å². The summed E-state index contributed by atoms with van der Waals surface area (Å²) in [5.41, 5.74) is 0.908. The lowest BCUT2D eigenvalue weighted by atomic mass is 10.4. The SMILES string of the molecule is C=C(C)COCCCP(=O)(O)O. The molecule has 72 valence electrons. The average molecular weight is 194 g/mol. The van der Waals surface area contributed by atoms with Gasteiger partial charge >= 0.3 is 7.60 Å². The van der Waals surface area contributed by atoms with Gasteiger partial charge in [-0.1, -0.05) is 12.2 Å². The van der Waals surface area contributed by atoms with Crippen LogP contribution in [-0.2, 0) is 9.30 Å². The van der Waals surface area contributed by atoms with Crippen LogP contribution in [0.2, 0.25) is 0 Å². The molecule has 5 heteroatoms. The molecule has 0 spiro atoms. The van der Waals surface area contributed by atoms with Crippen molar-refractivity contribution < 1.29 is 19.1 Å². The average Bonchev–Trinajstić information content (AvgIpc) is 1.83. The van der Waals surface area contributed by atoms with Crippen LogP contribution in [0.3, 0.4) is 0 Å². The fourth-order valence-corrected chi connectivity index (χ4v) is 1.16. The predicted molar refractivity (Wildman–Crippen MR) is 47.2 cm³/mol. The summed E-state index contributed by atoms with van der Waals surface area (Å²) in [4.78, 5) is 16.9. The highest BCUT2D eigenvalue weighted by Gasteiger charge is 2.10. The number of ether oxygens (including phenoxy) is 1. The number of hydrogen-bond donors (Lipinski definition) is 2. The molecule has 0 aliphatic heterocycles. The normalized spacial score (nSPS) is 11.6. The summed E-state index contributed by atoms with van der Waals surface area (Å²) in [6.07, 6.45) is 0.279. The molecular formula is C7H15O4P. The van der Waals surface area contributed by atoms with Crippen molar-refractivity contribution in [3.05, 3.63) is 12.2 Å². The summed E-state index contributed by atoms with van der Waals surface area (Å²) >= 11 is 0. The van der Waals surface area contributed by atoms with Crippen molar-refractivity contribution in [2.45, 2.75) is 13.3 Å². The molecule has 0 radical (unpaired) electrons. The van der Waals surface area contributed by atoms with E-state index in [1.54, 1.807) is 0 Å². The highest BCUT2D eigenvalue weighted by molar-refractivity contribution is 7.51. The van der Waals surface area contributed by atoms with Gasteiger partial charge in [0.2, 0.25) is 0 Å². The molecule has 0 amide bonds. The van der Waals surface area contributed by atoms with Gasteiger partial charge < -0.3 is 14.5 Å². The Labute approximate surface area is 72.4 Å². The Balaban J connectivity index is 3.23. The van der Waals surface area contributed by atoms with E-state index in [-0.39, 0.29) is 6.16 Å². The molecular weight excluding hydrogens is 179 g/mol. The highest BCUT2D eigenvalue weighted by atomic mass is 31.2. The van der Waals surface area contributed by atoms with Crippen molar-refractivity contribution in [2.24, 2.45) is 0 Å². The van der Waals surface area contributed by atoms with Crippen LogP contribution in [-0.4, -0.2) is 29.2 Å². The number of rotatable bonds is 6. The Morgan fingerprint density at radius 1 is 1.58 bits per heavy atom. The van der Waals surface area contributed by atoms with Gasteiger partial charge in [-0.15, -0.1) is 0 Å². The minimum Gasteiger partial charge on any atom is -0.377 e. The van der Waals surface area contributed by atoms with Crippen LogP contribution in [0.15, 0.2) is 12.2 Å². The Morgan fingerprint density at radius 3 is 2.58 bits per heavy atom. The lowest BCUT2D eigenvalue weighted by molar-refractivity contribution is 0.156. The second kappa shape index (κ2) is 5.49. The molecule has 0 heterocycles. The van der Waals surface area contributed by atoms with E-state index in [9.17, 15) is 4.57 Å². The van der Waals surface area contributed by atoms with Crippen molar-refractivity contribution in [3.8, 4) is 0 Å². The smallest absolute Gasteiger partial charge is 0.325 e. The van der Waals surface area contributed by atoms with Gasteiger partial charge in [-0.2, -0.15) is 0 Å². The molecule has 0 saturated heterocycles. The first-order valence-corrected chi connectivity index (χ1v) is 5.48. The standard InChI is InChI=1S/C7H15O4P/c1-7(2)6-11-4-3-5-12(8,9)10/h1,3-6H2,2H3,(H2,8,9,10). The van der Waals surface area contributed by atoms with E-state index in [4.69, 9.17) is 14.5 Å². The molecule has 0 atom stereocenters. The third-order valence-corrected chi connectivity index (χ3v) is 1.99. The van der Waals surface area contributed by atoms with E-state index >= 15 is 0 Å². The molecule has 12 heavy (non-hydrogen) atoms. The fourth-order valence-electron chi connectivity index (χ4n) is 0.619. The van der Waals surface area contributed by atoms with Crippen molar-refractivity contribution in [3.63, 3.8) is 0 Å². The third-order valence-electron chi connectivity index (χ3n) is 1.09. The summed E-state index contributed by atoms with van der Waals surface area (Å²) < 4.78 is 15.4. The zero-order valence-corrected chi connectivity index (χ0v) is 8.09. The molecule has 0 rings (SSSR count). The van der Waals surface area contributed by atoms with Crippen LogP contribution in [0, 0.1) is 0 Å². The first kappa shape index (κ1) is 11.8. The van der Waals surface area contributed by atoms with Crippen molar-refractivity contribution in [1.82, 2.24) is 0 Å². The van der Waals surface area contributed by atoms with Gasteiger partial charge in [0.05, 0.1) is 12.8 Å².